The highest BCUT2D eigenvalue weighted by molar-refractivity contribution is 9.10. The van der Waals surface area contributed by atoms with Crippen LogP contribution in [0.2, 0.25) is 0 Å². The molecule has 2 rings (SSSR count). The van der Waals surface area contributed by atoms with Gasteiger partial charge in [-0.1, -0.05) is 0 Å². The van der Waals surface area contributed by atoms with Crippen LogP contribution in [-0.4, -0.2) is 15.7 Å². The molecule has 0 amide bonds. The molecule has 66 valence electrons. The second-order valence-electron chi connectivity index (χ2n) is 2.83. The molecule has 2 aromatic heterocycles. The molecule has 0 radical (unpaired) electrons. The second-order valence-corrected chi connectivity index (χ2v) is 3.69. The lowest BCUT2D eigenvalue weighted by molar-refractivity contribution is 0.111. The number of aryl methyl sites for hydroxylation is 1. The van der Waals surface area contributed by atoms with Crippen LogP contribution in [0.5, 0.6) is 0 Å². The number of fused-ring (bicyclic) bond motifs is 1. The van der Waals surface area contributed by atoms with Gasteiger partial charge in [0.2, 0.25) is 0 Å². The molecule has 3 nitrogen and oxygen atoms in total. The standard InChI is InChI=1S/C9H7BrN2O/c1-6-2-9-11-3-7(5-13)12(9)4-8(6)10/h2-5H,1H3. The lowest BCUT2D eigenvalue weighted by atomic mass is 10.3. The van der Waals surface area contributed by atoms with E-state index in [2.05, 4.69) is 20.9 Å². The Bertz CT molecular complexity index is 476. The fraction of sp³-hybridized carbons (Fsp3) is 0.111. The van der Waals surface area contributed by atoms with E-state index in [4.69, 9.17) is 0 Å². The molecule has 0 atom stereocenters. The number of rotatable bonds is 1. The molecule has 2 heterocycles. The number of aldehydes is 1. The van der Waals surface area contributed by atoms with Gasteiger partial charge in [0.15, 0.2) is 6.29 Å². The van der Waals surface area contributed by atoms with Crippen molar-refractivity contribution < 1.29 is 4.79 Å². The minimum absolute atomic E-state index is 0.565. The van der Waals surface area contributed by atoms with Crippen molar-refractivity contribution >= 4 is 27.9 Å². The summed E-state index contributed by atoms with van der Waals surface area (Å²) in [4.78, 5) is 14.7. The summed E-state index contributed by atoms with van der Waals surface area (Å²) >= 11 is 3.40. The first-order valence-corrected chi connectivity index (χ1v) is 4.60. The van der Waals surface area contributed by atoms with Gasteiger partial charge in [0.1, 0.15) is 11.3 Å². The Kier molecular flexibility index (Phi) is 1.92. The van der Waals surface area contributed by atoms with Crippen LogP contribution in [0.1, 0.15) is 16.1 Å². The minimum Gasteiger partial charge on any atom is -0.296 e. The van der Waals surface area contributed by atoms with Crippen LogP contribution in [0, 0.1) is 6.92 Å². The summed E-state index contributed by atoms with van der Waals surface area (Å²) in [7, 11) is 0. The van der Waals surface area contributed by atoms with Crippen LogP contribution in [0.25, 0.3) is 5.65 Å². The van der Waals surface area contributed by atoms with E-state index in [0.717, 1.165) is 22.0 Å². The Morgan fingerprint density at radius 3 is 3.08 bits per heavy atom. The molecular formula is C9H7BrN2O. The summed E-state index contributed by atoms with van der Waals surface area (Å²) < 4.78 is 2.73. The number of aromatic nitrogens is 2. The molecule has 0 bridgehead atoms. The first-order chi connectivity index (χ1) is 6.22. The fourth-order valence-corrected chi connectivity index (χ4v) is 1.52. The lowest BCUT2D eigenvalue weighted by Crippen LogP contribution is -1.91. The van der Waals surface area contributed by atoms with Gasteiger partial charge in [-0.05, 0) is 34.5 Å². The average molecular weight is 239 g/mol. The maximum atomic E-state index is 10.6. The van der Waals surface area contributed by atoms with Gasteiger partial charge >= 0.3 is 0 Å². The zero-order valence-corrected chi connectivity index (χ0v) is 8.58. The molecule has 0 aliphatic heterocycles. The third kappa shape index (κ3) is 1.27. The van der Waals surface area contributed by atoms with Crippen molar-refractivity contribution in [1.29, 1.82) is 0 Å². The Labute approximate surface area is 83.5 Å². The van der Waals surface area contributed by atoms with Crippen LogP contribution in [0.3, 0.4) is 0 Å². The molecule has 0 aliphatic rings. The predicted octanol–water partition coefficient (Wildman–Crippen LogP) is 2.22. The highest BCUT2D eigenvalue weighted by Crippen LogP contribution is 2.18. The predicted molar refractivity (Wildman–Crippen MR) is 53.0 cm³/mol. The Morgan fingerprint density at radius 2 is 2.38 bits per heavy atom. The van der Waals surface area contributed by atoms with Crippen molar-refractivity contribution in [2.45, 2.75) is 6.92 Å². The topological polar surface area (TPSA) is 34.4 Å². The number of hydrogen-bond donors (Lipinski definition) is 0. The maximum absolute atomic E-state index is 10.6. The molecule has 0 N–H and O–H groups in total. The smallest absolute Gasteiger partial charge is 0.168 e. The first kappa shape index (κ1) is 8.44. The minimum atomic E-state index is 0.565. The van der Waals surface area contributed by atoms with Gasteiger partial charge in [-0.3, -0.25) is 9.20 Å². The van der Waals surface area contributed by atoms with Crippen LogP contribution >= 0.6 is 15.9 Å². The normalized spacial score (nSPS) is 10.6. The van der Waals surface area contributed by atoms with Gasteiger partial charge in [0.25, 0.3) is 0 Å². The largest absolute Gasteiger partial charge is 0.296 e. The van der Waals surface area contributed by atoms with Gasteiger partial charge in [-0.25, -0.2) is 4.98 Å². The SMILES string of the molecule is Cc1cc2ncc(C=O)n2cc1Br. The summed E-state index contributed by atoms with van der Waals surface area (Å²) in [6.45, 7) is 1.99. The van der Waals surface area contributed by atoms with Gasteiger partial charge in [0.05, 0.1) is 6.20 Å². The van der Waals surface area contributed by atoms with Crippen molar-refractivity contribution in [3.05, 3.63) is 34.2 Å². The number of halogens is 1. The van der Waals surface area contributed by atoms with Gasteiger partial charge in [-0.15, -0.1) is 0 Å². The molecular weight excluding hydrogens is 232 g/mol. The van der Waals surface area contributed by atoms with E-state index in [1.807, 2.05) is 19.2 Å². The van der Waals surface area contributed by atoms with E-state index in [-0.39, 0.29) is 0 Å². The highest BCUT2D eigenvalue weighted by Gasteiger charge is 2.03. The van der Waals surface area contributed by atoms with Crippen molar-refractivity contribution in [1.82, 2.24) is 9.38 Å². The van der Waals surface area contributed by atoms with Gasteiger partial charge in [0, 0.05) is 10.7 Å². The molecule has 0 aliphatic carbocycles. The number of carbonyl (C=O) groups is 1. The summed E-state index contributed by atoms with van der Waals surface area (Å²) in [5.41, 5.74) is 2.47. The zero-order chi connectivity index (χ0) is 9.42. The van der Waals surface area contributed by atoms with Crippen LogP contribution in [0.15, 0.2) is 22.9 Å². The quantitative estimate of drug-likeness (QED) is 0.715. The summed E-state index contributed by atoms with van der Waals surface area (Å²) in [6, 6.07) is 1.93. The molecule has 0 saturated heterocycles. The Hall–Kier alpha value is -1.16. The number of pyridine rings is 1. The zero-order valence-electron chi connectivity index (χ0n) is 6.99. The van der Waals surface area contributed by atoms with Gasteiger partial charge in [-0.2, -0.15) is 0 Å². The average Bonchev–Trinajstić information content (AvgIpc) is 2.48. The molecule has 4 heteroatoms. The lowest BCUT2D eigenvalue weighted by Gasteiger charge is -2.00. The molecule has 0 saturated carbocycles. The van der Waals surface area contributed by atoms with Crippen LogP contribution in [-0.2, 0) is 0 Å². The Morgan fingerprint density at radius 1 is 1.62 bits per heavy atom. The molecule has 0 aromatic carbocycles. The Balaban J connectivity index is 2.84. The number of imidazole rings is 1. The fourth-order valence-electron chi connectivity index (χ4n) is 1.20. The summed E-state index contributed by atoms with van der Waals surface area (Å²) in [6.07, 6.45) is 4.21. The monoisotopic (exact) mass is 238 g/mol. The van der Waals surface area contributed by atoms with Crippen LogP contribution in [0.4, 0.5) is 0 Å². The summed E-state index contributed by atoms with van der Waals surface area (Å²) in [5, 5.41) is 0. The third-order valence-electron chi connectivity index (χ3n) is 1.94. The summed E-state index contributed by atoms with van der Waals surface area (Å²) in [5.74, 6) is 0. The molecule has 13 heavy (non-hydrogen) atoms. The van der Waals surface area contributed by atoms with E-state index < -0.39 is 0 Å². The molecule has 0 fully saturated rings. The van der Waals surface area contributed by atoms with E-state index in [1.54, 1.807) is 10.6 Å². The maximum Gasteiger partial charge on any atom is 0.168 e. The number of hydrogen-bond acceptors (Lipinski definition) is 2. The van der Waals surface area contributed by atoms with Crippen molar-refractivity contribution in [3.8, 4) is 0 Å². The van der Waals surface area contributed by atoms with Crippen molar-refractivity contribution in [2.75, 3.05) is 0 Å². The third-order valence-corrected chi connectivity index (χ3v) is 2.77. The first-order valence-electron chi connectivity index (χ1n) is 3.81. The van der Waals surface area contributed by atoms with E-state index in [1.165, 1.54) is 0 Å². The van der Waals surface area contributed by atoms with E-state index in [9.17, 15) is 4.79 Å². The van der Waals surface area contributed by atoms with Crippen molar-refractivity contribution in [3.63, 3.8) is 0 Å². The molecule has 0 unspecified atom stereocenters. The van der Waals surface area contributed by atoms with E-state index >= 15 is 0 Å². The number of nitrogens with zero attached hydrogens (tertiary/aromatic N) is 2. The van der Waals surface area contributed by atoms with Crippen molar-refractivity contribution in [2.24, 2.45) is 0 Å². The molecule has 0 spiro atoms. The van der Waals surface area contributed by atoms with E-state index in [0.29, 0.717) is 5.69 Å². The number of carbonyl (C=O) groups excluding carboxylic acids is 1. The highest BCUT2D eigenvalue weighted by atomic mass is 79.9. The second kappa shape index (κ2) is 2.96. The van der Waals surface area contributed by atoms with Gasteiger partial charge < -0.3 is 0 Å². The molecule has 2 aromatic rings. The van der Waals surface area contributed by atoms with Crippen LogP contribution < -0.4 is 0 Å².